The topological polar surface area (TPSA) is 73.9 Å². The molecular weight excluding hydrogens is 308 g/mol. The highest BCUT2D eigenvalue weighted by molar-refractivity contribution is 5.93. The predicted octanol–water partition coefficient (Wildman–Crippen LogP) is 2.38. The van der Waals surface area contributed by atoms with Crippen LogP contribution in [0.25, 0.3) is 0 Å². The van der Waals surface area contributed by atoms with Crippen LogP contribution < -0.4 is 15.5 Å². The molecule has 1 fully saturated rings. The summed E-state index contributed by atoms with van der Waals surface area (Å²) >= 11 is 0. The minimum absolute atomic E-state index is 0.172. The number of piperazine rings is 1. The van der Waals surface area contributed by atoms with Gasteiger partial charge in [-0.2, -0.15) is 0 Å². The largest absolute Gasteiger partial charge is 0.444 e. The molecule has 2 heterocycles. The molecule has 0 atom stereocenters. The molecule has 7 nitrogen and oxygen atoms in total. The van der Waals surface area contributed by atoms with Gasteiger partial charge in [-0.3, -0.25) is 0 Å². The zero-order chi connectivity index (χ0) is 17.3. The average molecular weight is 332 g/mol. The van der Waals surface area contributed by atoms with Crippen molar-refractivity contribution >= 4 is 23.5 Å². The van der Waals surface area contributed by atoms with Crippen LogP contribution in [0.3, 0.4) is 0 Å². The first-order chi connectivity index (χ1) is 11.3. The lowest BCUT2D eigenvalue weighted by Crippen LogP contribution is -2.50. The van der Waals surface area contributed by atoms with Crippen LogP contribution in [0.2, 0.25) is 0 Å². The van der Waals surface area contributed by atoms with E-state index in [2.05, 4.69) is 21.6 Å². The number of rotatable bonds is 1. The number of hydrogen-bond acceptors (Lipinski definition) is 4. The average Bonchev–Trinajstić information content (AvgIpc) is 2.52. The minimum Gasteiger partial charge on any atom is -0.444 e. The number of nitrogens with one attached hydrogen (secondary N) is 2. The van der Waals surface area contributed by atoms with E-state index < -0.39 is 5.60 Å². The molecule has 2 N–H and O–H groups in total. The van der Waals surface area contributed by atoms with Gasteiger partial charge in [-0.15, -0.1) is 0 Å². The molecule has 0 aliphatic carbocycles. The lowest BCUT2D eigenvalue weighted by atomic mass is 10.1. The van der Waals surface area contributed by atoms with Crippen molar-refractivity contribution in [3.05, 3.63) is 23.8 Å². The summed E-state index contributed by atoms with van der Waals surface area (Å²) in [6.07, 6.45) is -0.258. The van der Waals surface area contributed by atoms with E-state index in [0.29, 0.717) is 19.6 Å². The maximum absolute atomic E-state index is 12.1. The van der Waals surface area contributed by atoms with Crippen LogP contribution in [0, 0.1) is 0 Å². The van der Waals surface area contributed by atoms with E-state index >= 15 is 0 Å². The Morgan fingerprint density at radius 3 is 2.54 bits per heavy atom. The molecule has 1 aromatic carbocycles. The van der Waals surface area contributed by atoms with Crippen molar-refractivity contribution in [2.24, 2.45) is 0 Å². The van der Waals surface area contributed by atoms with Crippen molar-refractivity contribution in [2.75, 3.05) is 36.4 Å². The number of benzene rings is 1. The summed E-state index contributed by atoms with van der Waals surface area (Å²) in [6.45, 7) is 8.90. The number of carbonyl (C=O) groups excluding carboxylic acids is 2. The number of anilines is 2. The minimum atomic E-state index is -0.473. The molecule has 1 aromatic rings. The number of hydrogen-bond donors (Lipinski definition) is 2. The van der Waals surface area contributed by atoms with Crippen molar-refractivity contribution in [1.29, 1.82) is 0 Å². The number of urea groups is 1. The van der Waals surface area contributed by atoms with E-state index in [4.69, 9.17) is 4.74 Å². The van der Waals surface area contributed by atoms with Gasteiger partial charge in [0.25, 0.3) is 0 Å². The summed E-state index contributed by atoms with van der Waals surface area (Å²) in [5.41, 5.74) is 2.51. The van der Waals surface area contributed by atoms with Gasteiger partial charge in [0.2, 0.25) is 0 Å². The Bertz CT molecular complexity index is 646. The van der Waals surface area contributed by atoms with Gasteiger partial charge in [-0.05, 0) is 38.5 Å². The van der Waals surface area contributed by atoms with E-state index in [1.165, 1.54) is 0 Å². The van der Waals surface area contributed by atoms with Gasteiger partial charge in [0.15, 0.2) is 0 Å². The Labute approximate surface area is 141 Å². The maximum atomic E-state index is 12.1. The monoisotopic (exact) mass is 332 g/mol. The number of fused-ring (bicyclic) bond motifs is 1. The van der Waals surface area contributed by atoms with Crippen LogP contribution in [-0.2, 0) is 11.3 Å². The molecule has 0 unspecified atom stereocenters. The molecule has 0 bridgehead atoms. The number of ether oxygens (including phenoxy) is 1. The maximum Gasteiger partial charge on any atom is 0.410 e. The third kappa shape index (κ3) is 3.72. The molecule has 2 aliphatic rings. The Balaban J connectivity index is 1.62. The molecule has 1 saturated heterocycles. The van der Waals surface area contributed by atoms with Crippen molar-refractivity contribution < 1.29 is 14.3 Å². The molecule has 3 amide bonds. The van der Waals surface area contributed by atoms with Gasteiger partial charge in [0.1, 0.15) is 5.60 Å². The summed E-state index contributed by atoms with van der Waals surface area (Å²) in [7, 11) is 0. The molecule has 0 spiro atoms. The number of carbonyl (C=O) groups is 2. The second kappa shape index (κ2) is 6.22. The van der Waals surface area contributed by atoms with Gasteiger partial charge >= 0.3 is 12.1 Å². The van der Waals surface area contributed by atoms with Gasteiger partial charge in [0.05, 0.1) is 0 Å². The summed E-state index contributed by atoms with van der Waals surface area (Å²) in [5.74, 6) is 0. The van der Waals surface area contributed by atoms with E-state index in [9.17, 15) is 9.59 Å². The van der Waals surface area contributed by atoms with Crippen LogP contribution in [0.4, 0.5) is 21.0 Å². The quantitative estimate of drug-likeness (QED) is 0.828. The molecule has 0 saturated carbocycles. The lowest BCUT2D eigenvalue weighted by molar-refractivity contribution is 0.0240. The SMILES string of the molecule is CC(C)(C)OC(=O)N1CCN(c2ccc3c(c2)NC(=O)NC3)CC1. The van der Waals surface area contributed by atoms with Crippen LogP contribution >= 0.6 is 0 Å². The van der Waals surface area contributed by atoms with E-state index in [-0.39, 0.29) is 12.1 Å². The van der Waals surface area contributed by atoms with Crippen LogP contribution in [0.1, 0.15) is 26.3 Å². The summed E-state index contributed by atoms with van der Waals surface area (Å²) in [4.78, 5) is 27.5. The zero-order valence-corrected chi connectivity index (χ0v) is 14.4. The molecule has 0 aromatic heterocycles. The first-order valence-electron chi connectivity index (χ1n) is 8.22. The third-order valence-corrected chi connectivity index (χ3v) is 4.08. The van der Waals surface area contributed by atoms with Crippen LogP contribution in [0.5, 0.6) is 0 Å². The normalized spacial score (nSPS) is 17.7. The fourth-order valence-electron chi connectivity index (χ4n) is 2.85. The Hall–Kier alpha value is -2.44. The smallest absolute Gasteiger partial charge is 0.410 e. The summed E-state index contributed by atoms with van der Waals surface area (Å²) in [6, 6.07) is 5.91. The van der Waals surface area contributed by atoms with E-state index in [0.717, 1.165) is 30.0 Å². The number of nitrogens with zero attached hydrogens (tertiary/aromatic N) is 2. The Morgan fingerprint density at radius 1 is 1.17 bits per heavy atom. The number of amides is 3. The van der Waals surface area contributed by atoms with Gasteiger partial charge < -0.3 is 25.2 Å². The first kappa shape index (κ1) is 16.4. The fourth-order valence-corrected chi connectivity index (χ4v) is 2.85. The standard InChI is InChI=1S/C17H24N4O3/c1-17(2,3)24-16(23)21-8-6-20(7-9-21)13-5-4-12-11-18-15(22)19-14(12)10-13/h4-5,10H,6-9,11H2,1-3H3,(H2,18,19,22). The van der Waals surface area contributed by atoms with Crippen molar-refractivity contribution in [3.63, 3.8) is 0 Å². The second-order valence-electron chi connectivity index (χ2n) is 7.10. The van der Waals surface area contributed by atoms with Crippen molar-refractivity contribution in [2.45, 2.75) is 32.9 Å². The van der Waals surface area contributed by atoms with E-state index in [1.54, 1.807) is 4.90 Å². The highest BCUT2D eigenvalue weighted by Crippen LogP contribution is 2.26. The van der Waals surface area contributed by atoms with Crippen molar-refractivity contribution in [1.82, 2.24) is 10.2 Å². The summed E-state index contributed by atoms with van der Waals surface area (Å²) in [5, 5.41) is 5.58. The van der Waals surface area contributed by atoms with E-state index in [1.807, 2.05) is 32.9 Å². The Kier molecular flexibility index (Phi) is 4.26. The molecular formula is C17H24N4O3. The highest BCUT2D eigenvalue weighted by atomic mass is 16.6. The first-order valence-corrected chi connectivity index (χ1v) is 8.22. The molecule has 24 heavy (non-hydrogen) atoms. The fraction of sp³-hybridized carbons (Fsp3) is 0.529. The summed E-state index contributed by atoms with van der Waals surface area (Å²) < 4.78 is 5.42. The Morgan fingerprint density at radius 2 is 1.88 bits per heavy atom. The molecule has 3 rings (SSSR count). The molecule has 0 radical (unpaired) electrons. The highest BCUT2D eigenvalue weighted by Gasteiger charge is 2.26. The van der Waals surface area contributed by atoms with Gasteiger partial charge in [-0.25, -0.2) is 9.59 Å². The van der Waals surface area contributed by atoms with Crippen LogP contribution in [0.15, 0.2) is 18.2 Å². The third-order valence-electron chi connectivity index (χ3n) is 4.08. The molecule has 7 heteroatoms. The van der Waals surface area contributed by atoms with Crippen LogP contribution in [-0.4, -0.2) is 48.8 Å². The second-order valence-corrected chi connectivity index (χ2v) is 7.10. The van der Waals surface area contributed by atoms with Crippen molar-refractivity contribution in [3.8, 4) is 0 Å². The van der Waals surface area contributed by atoms with Gasteiger partial charge in [0, 0.05) is 44.1 Å². The zero-order valence-electron chi connectivity index (χ0n) is 14.4. The predicted molar refractivity (Wildman–Crippen MR) is 92.3 cm³/mol. The van der Waals surface area contributed by atoms with Gasteiger partial charge in [-0.1, -0.05) is 6.07 Å². The lowest BCUT2D eigenvalue weighted by Gasteiger charge is -2.37. The molecule has 2 aliphatic heterocycles. The molecule has 130 valence electrons.